The Kier molecular flexibility index (Phi) is 4.49. The van der Waals surface area contributed by atoms with Crippen LogP contribution < -0.4 is 5.73 Å². The molecule has 0 bridgehead atoms. The fourth-order valence-electron chi connectivity index (χ4n) is 1.32. The minimum atomic E-state index is -3.43. The van der Waals surface area contributed by atoms with E-state index in [2.05, 4.69) is 15.9 Å². The molecule has 0 aliphatic carbocycles. The Morgan fingerprint density at radius 2 is 2.06 bits per heavy atom. The predicted octanol–water partition coefficient (Wildman–Crippen LogP) is 1.34. The molecule has 0 amide bonds. The van der Waals surface area contributed by atoms with Crippen molar-refractivity contribution in [3.63, 3.8) is 0 Å². The smallest absolute Gasteiger partial charge is 0.243 e. The molecule has 1 aromatic carbocycles. The van der Waals surface area contributed by atoms with E-state index in [0.717, 1.165) is 10.0 Å². The van der Waals surface area contributed by atoms with Gasteiger partial charge in [-0.2, -0.15) is 4.31 Å². The molecular weight excluding hydrogens is 292 g/mol. The summed E-state index contributed by atoms with van der Waals surface area (Å²) in [6, 6.07) is 5.20. The number of likely N-dealkylation sites (N-methyl/N-ethyl adjacent to an activating group) is 1. The molecule has 0 atom stereocenters. The van der Waals surface area contributed by atoms with Gasteiger partial charge in [0, 0.05) is 24.6 Å². The van der Waals surface area contributed by atoms with Crippen LogP contribution in [0.2, 0.25) is 0 Å². The van der Waals surface area contributed by atoms with Crippen LogP contribution in [-0.4, -0.2) is 32.9 Å². The van der Waals surface area contributed by atoms with Gasteiger partial charge in [-0.3, -0.25) is 0 Å². The van der Waals surface area contributed by atoms with Gasteiger partial charge < -0.3 is 5.73 Å². The standard InChI is InChI=1S/C10H15BrN2O2S/c1-8-3-4-9(11)7-10(8)16(14,15)13(2)6-5-12/h3-4,7H,5-6,12H2,1-2H3. The highest BCUT2D eigenvalue weighted by atomic mass is 79.9. The second-order valence-electron chi connectivity index (χ2n) is 3.53. The SMILES string of the molecule is Cc1ccc(Br)cc1S(=O)(=O)N(C)CCN. The number of rotatable bonds is 4. The molecule has 0 saturated heterocycles. The van der Waals surface area contributed by atoms with E-state index >= 15 is 0 Å². The molecule has 0 saturated carbocycles. The van der Waals surface area contributed by atoms with E-state index in [1.165, 1.54) is 11.4 Å². The third-order valence-corrected chi connectivity index (χ3v) is 4.77. The van der Waals surface area contributed by atoms with Crippen LogP contribution in [-0.2, 0) is 10.0 Å². The van der Waals surface area contributed by atoms with E-state index in [4.69, 9.17) is 5.73 Å². The number of nitrogens with zero attached hydrogens (tertiary/aromatic N) is 1. The van der Waals surface area contributed by atoms with Gasteiger partial charge in [-0.25, -0.2) is 8.42 Å². The Balaban J connectivity index is 3.21. The number of sulfonamides is 1. The average molecular weight is 307 g/mol. The topological polar surface area (TPSA) is 63.4 Å². The maximum atomic E-state index is 12.1. The highest BCUT2D eigenvalue weighted by Crippen LogP contribution is 2.22. The quantitative estimate of drug-likeness (QED) is 0.913. The first-order chi connectivity index (χ1) is 7.39. The number of benzene rings is 1. The molecule has 90 valence electrons. The monoisotopic (exact) mass is 306 g/mol. The number of hydrogen-bond donors (Lipinski definition) is 1. The summed E-state index contributed by atoms with van der Waals surface area (Å²) >= 11 is 3.27. The van der Waals surface area contributed by atoms with Crippen molar-refractivity contribution in [2.45, 2.75) is 11.8 Å². The van der Waals surface area contributed by atoms with Crippen molar-refractivity contribution in [1.82, 2.24) is 4.31 Å². The van der Waals surface area contributed by atoms with Gasteiger partial charge in [-0.15, -0.1) is 0 Å². The summed E-state index contributed by atoms with van der Waals surface area (Å²) in [5, 5.41) is 0. The van der Waals surface area contributed by atoms with Crippen molar-refractivity contribution < 1.29 is 8.42 Å². The fraction of sp³-hybridized carbons (Fsp3) is 0.400. The lowest BCUT2D eigenvalue weighted by atomic mass is 10.2. The maximum Gasteiger partial charge on any atom is 0.243 e. The second-order valence-corrected chi connectivity index (χ2v) is 6.45. The van der Waals surface area contributed by atoms with Gasteiger partial charge in [0.05, 0.1) is 4.90 Å². The lowest BCUT2D eigenvalue weighted by molar-refractivity contribution is 0.476. The summed E-state index contributed by atoms with van der Waals surface area (Å²) in [6.45, 7) is 2.40. The Morgan fingerprint density at radius 3 is 2.62 bits per heavy atom. The molecule has 0 radical (unpaired) electrons. The molecule has 0 unspecified atom stereocenters. The Hall–Kier alpha value is -0.430. The van der Waals surface area contributed by atoms with Crippen LogP contribution in [0.3, 0.4) is 0 Å². The molecule has 0 aliphatic heterocycles. The molecule has 1 rings (SSSR count). The lowest BCUT2D eigenvalue weighted by Gasteiger charge is -2.17. The molecular formula is C10H15BrN2O2S. The Bertz CT molecular complexity index is 474. The fourth-order valence-corrected chi connectivity index (χ4v) is 3.27. The molecule has 0 spiro atoms. The van der Waals surface area contributed by atoms with E-state index in [1.807, 2.05) is 6.07 Å². The molecule has 0 heterocycles. The minimum Gasteiger partial charge on any atom is -0.329 e. The highest BCUT2D eigenvalue weighted by molar-refractivity contribution is 9.10. The van der Waals surface area contributed by atoms with Crippen molar-refractivity contribution in [2.24, 2.45) is 5.73 Å². The van der Waals surface area contributed by atoms with Crippen LogP contribution in [0.1, 0.15) is 5.56 Å². The molecule has 0 aromatic heterocycles. The molecule has 6 heteroatoms. The summed E-state index contributed by atoms with van der Waals surface area (Å²) < 4.78 is 26.3. The van der Waals surface area contributed by atoms with Crippen molar-refractivity contribution in [3.05, 3.63) is 28.2 Å². The summed E-state index contributed by atoms with van der Waals surface area (Å²) in [5.74, 6) is 0. The average Bonchev–Trinajstić information content (AvgIpc) is 2.22. The largest absolute Gasteiger partial charge is 0.329 e. The summed E-state index contributed by atoms with van der Waals surface area (Å²) in [6.07, 6.45) is 0. The van der Waals surface area contributed by atoms with Gasteiger partial charge in [0.25, 0.3) is 0 Å². The van der Waals surface area contributed by atoms with Crippen molar-refractivity contribution in [3.8, 4) is 0 Å². The van der Waals surface area contributed by atoms with Crippen LogP contribution in [0, 0.1) is 6.92 Å². The number of nitrogens with two attached hydrogens (primary N) is 1. The van der Waals surface area contributed by atoms with Crippen LogP contribution >= 0.6 is 15.9 Å². The predicted molar refractivity (Wildman–Crippen MR) is 67.7 cm³/mol. The molecule has 4 nitrogen and oxygen atoms in total. The normalized spacial score (nSPS) is 12.1. The van der Waals surface area contributed by atoms with Gasteiger partial charge in [-0.1, -0.05) is 22.0 Å². The van der Waals surface area contributed by atoms with Crippen molar-refractivity contribution >= 4 is 26.0 Å². The third kappa shape index (κ3) is 2.82. The Morgan fingerprint density at radius 1 is 1.44 bits per heavy atom. The van der Waals surface area contributed by atoms with E-state index in [1.54, 1.807) is 19.1 Å². The third-order valence-electron chi connectivity index (χ3n) is 2.28. The van der Waals surface area contributed by atoms with Gasteiger partial charge in [0.1, 0.15) is 0 Å². The first-order valence-corrected chi connectivity index (χ1v) is 7.05. The maximum absolute atomic E-state index is 12.1. The first kappa shape index (κ1) is 13.6. The summed E-state index contributed by atoms with van der Waals surface area (Å²) in [5.41, 5.74) is 6.09. The van der Waals surface area contributed by atoms with Crippen LogP contribution in [0.5, 0.6) is 0 Å². The minimum absolute atomic E-state index is 0.308. The number of hydrogen-bond acceptors (Lipinski definition) is 3. The zero-order valence-corrected chi connectivity index (χ0v) is 11.7. The van der Waals surface area contributed by atoms with Gasteiger partial charge in [0.2, 0.25) is 10.0 Å². The number of aryl methyl sites for hydroxylation is 1. The second kappa shape index (κ2) is 5.27. The van der Waals surface area contributed by atoms with E-state index < -0.39 is 10.0 Å². The summed E-state index contributed by atoms with van der Waals surface area (Å²) in [4.78, 5) is 0.317. The molecule has 1 aromatic rings. The molecule has 16 heavy (non-hydrogen) atoms. The van der Waals surface area contributed by atoms with Crippen LogP contribution in [0.15, 0.2) is 27.6 Å². The number of halogens is 1. The zero-order valence-electron chi connectivity index (χ0n) is 9.27. The lowest BCUT2D eigenvalue weighted by Crippen LogP contribution is -2.32. The first-order valence-electron chi connectivity index (χ1n) is 4.82. The highest BCUT2D eigenvalue weighted by Gasteiger charge is 2.22. The van der Waals surface area contributed by atoms with E-state index in [9.17, 15) is 8.42 Å². The molecule has 0 aliphatic rings. The van der Waals surface area contributed by atoms with Crippen LogP contribution in [0.4, 0.5) is 0 Å². The van der Waals surface area contributed by atoms with Gasteiger partial charge in [-0.05, 0) is 24.6 Å². The Labute approximate surface area is 105 Å². The van der Waals surface area contributed by atoms with E-state index in [0.29, 0.717) is 18.0 Å². The molecule has 2 N–H and O–H groups in total. The zero-order chi connectivity index (χ0) is 12.3. The summed E-state index contributed by atoms with van der Waals surface area (Å²) in [7, 11) is -1.90. The molecule has 0 fully saturated rings. The van der Waals surface area contributed by atoms with Crippen molar-refractivity contribution in [2.75, 3.05) is 20.1 Å². The van der Waals surface area contributed by atoms with E-state index in [-0.39, 0.29) is 0 Å². The van der Waals surface area contributed by atoms with Gasteiger partial charge in [0.15, 0.2) is 0 Å². The van der Waals surface area contributed by atoms with Crippen LogP contribution in [0.25, 0.3) is 0 Å². The van der Waals surface area contributed by atoms with Gasteiger partial charge >= 0.3 is 0 Å². The van der Waals surface area contributed by atoms with Crippen molar-refractivity contribution in [1.29, 1.82) is 0 Å².